The van der Waals surface area contributed by atoms with Gasteiger partial charge in [0.25, 0.3) is 0 Å². The summed E-state index contributed by atoms with van der Waals surface area (Å²) in [6.07, 6.45) is 2.77. The summed E-state index contributed by atoms with van der Waals surface area (Å²) in [5.74, 6) is -0.0356. The second-order valence-electron chi connectivity index (χ2n) is 7.64. The Hall–Kier alpha value is -2.42. The van der Waals surface area contributed by atoms with E-state index in [4.69, 9.17) is 16.3 Å². The topological polar surface area (TPSA) is 88.5 Å². The Morgan fingerprint density at radius 1 is 1.27 bits per heavy atom. The third kappa shape index (κ3) is 5.00. The van der Waals surface area contributed by atoms with E-state index in [1.807, 2.05) is 12.1 Å². The zero-order valence-corrected chi connectivity index (χ0v) is 17.5. The quantitative estimate of drug-likeness (QED) is 0.654. The summed E-state index contributed by atoms with van der Waals surface area (Å²) in [7, 11) is 0. The number of anilines is 1. The molecule has 2 amide bonds. The molecule has 0 aliphatic carbocycles. The average Bonchev–Trinajstić information content (AvgIpc) is 3.15. The van der Waals surface area contributed by atoms with E-state index >= 15 is 0 Å². The molecule has 1 aromatic heterocycles. The molecule has 0 spiro atoms. The number of amides is 2. The second kappa shape index (κ2) is 9.59. The Labute approximate surface area is 180 Å². The van der Waals surface area contributed by atoms with Crippen molar-refractivity contribution in [3.8, 4) is 11.1 Å². The van der Waals surface area contributed by atoms with Crippen LogP contribution in [0.4, 0.5) is 5.82 Å². The van der Waals surface area contributed by atoms with E-state index in [-0.39, 0.29) is 18.2 Å². The molecule has 0 radical (unpaired) electrons. The highest BCUT2D eigenvalue weighted by Gasteiger charge is 2.30. The van der Waals surface area contributed by atoms with Gasteiger partial charge in [-0.25, -0.2) is 4.68 Å². The molecule has 2 aliphatic rings. The first kappa shape index (κ1) is 20.8. The van der Waals surface area contributed by atoms with Crippen molar-refractivity contribution in [2.75, 3.05) is 44.7 Å². The van der Waals surface area contributed by atoms with E-state index in [0.29, 0.717) is 23.9 Å². The van der Waals surface area contributed by atoms with Gasteiger partial charge in [0, 0.05) is 36.6 Å². The van der Waals surface area contributed by atoms with Crippen LogP contribution in [0.3, 0.4) is 0 Å². The van der Waals surface area contributed by atoms with Gasteiger partial charge in [-0.3, -0.25) is 14.5 Å². The molecule has 0 saturated carbocycles. The number of nitrogens with one attached hydrogen (secondary N) is 2. The number of fused-ring (bicyclic) bond motifs is 1. The zero-order chi connectivity index (χ0) is 20.9. The van der Waals surface area contributed by atoms with Gasteiger partial charge in [0.1, 0.15) is 5.82 Å². The molecule has 8 nitrogen and oxygen atoms in total. The lowest BCUT2D eigenvalue weighted by molar-refractivity contribution is -0.128. The molecule has 1 aromatic carbocycles. The van der Waals surface area contributed by atoms with Crippen molar-refractivity contribution in [3.05, 3.63) is 35.5 Å². The molecular weight excluding hydrogens is 406 g/mol. The molecule has 2 aromatic rings. The van der Waals surface area contributed by atoms with E-state index < -0.39 is 5.92 Å². The number of carbonyl (C=O) groups excluding carboxylic acids is 2. The van der Waals surface area contributed by atoms with E-state index in [2.05, 4.69) is 20.6 Å². The fraction of sp³-hybridized carbons (Fsp3) is 0.476. The average molecular weight is 432 g/mol. The molecular formula is C21H26ClN5O3. The van der Waals surface area contributed by atoms with Crippen molar-refractivity contribution < 1.29 is 14.3 Å². The van der Waals surface area contributed by atoms with Gasteiger partial charge in [0.2, 0.25) is 11.8 Å². The van der Waals surface area contributed by atoms with Crippen molar-refractivity contribution in [1.29, 1.82) is 0 Å². The second-order valence-corrected chi connectivity index (χ2v) is 8.08. The largest absolute Gasteiger partial charge is 0.379 e. The summed E-state index contributed by atoms with van der Waals surface area (Å²) >= 11 is 5.96. The minimum Gasteiger partial charge on any atom is -0.379 e. The first-order valence-corrected chi connectivity index (χ1v) is 10.7. The molecule has 1 saturated heterocycles. The van der Waals surface area contributed by atoms with E-state index in [9.17, 15) is 9.59 Å². The number of nitrogens with zero attached hydrogens (tertiary/aromatic N) is 3. The molecule has 1 atom stereocenters. The number of hydrogen-bond donors (Lipinski definition) is 2. The lowest BCUT2D eigenvalue weighted by Gasteiger charge is -2.26. The van der Waals surface area contributed by atoms with Gasteiger partial charge < -0.3 is 15.4 Å². The van der Waals surface area contributed by atoms with Crippen LogP contribution in [0, 0.1) is 5.92 Å². The molecule has 4 rings (SSSR count). The summed E-state index contributed by atoms with van der Waals surface area (Å²) < 4.78 is 7.09. The van der Waals surface area contributed by atoms with Gasteiger partial charge in [-0.05, 0) is 30.7 Å². The maximum Gasteiger partial charge on any atom is 0.231 e. The van der Waals surface area contributed by atoms with Crippen molar-refractivity contribution >= 4 is 29.2 Å². The number of rotatable bonds is 7. The Morgan fingerprint density at radius 3 is 2.80 bits per heavy atom. The smallest absolute Gasteiger partial charge is 0.231 e. The minimum atomic E-state index is -0.435. The summed E-state index contributed by atoms with van der Waals surface area (Å²) in [6, 6.07) is 7.39. The molecule has 30 heavy (non-hydrogen) atoms. The zero-order valence-electron chi connectivity index (χ0n) is 16.8. The summed E-state index contributed by atoms with van der Waals surface area (Å²) in [5, 5.41) is 10.9. The number of ether oxygens (including phenoxy) is 1. The number of morpholine rings is 1. The molecule has 2 aliphatic heterocycles. The van der Waals surface area contributed by atoms with Gasteiger partial charge in [-0.1, -0.05) is 23.7 Å². The Morgan fingerprint density at radius 2 is 2.03 bits per heavy atom. The van der Waals surface area contributed by atoms with Crippen molar-refractivity contribution in [1.82, 2.24) is 20.0 Å². The molecule has 0 bridgehead atoms. The van der Waals surface area contributed by atoms with Crippen LogP contribution in [-0.4, -0.2) is 65.9 Å². The highest BCUT2D eigenvalue weighted by atomic mass is 35.5. The predicted octanol–water partition coefficient (Wildman–Crippen LogP) is 2.00. The fourth-order valence-electron chi connectivity index (χ4n) is 3.82. The van der Waals surface area contributed by atoms with Crippen LogP contribution in [0.1, 0.15) is 12.8 Å². The molecule has 9 heteroatoms. The minimum absolute atomic E-state index is 0.106. The van der Waals surface area contributed by atoms with Crippen LogP contribution in [-0.2, 0) is 20.9 Å². The molecule has 160 valence electrons. The van der Waals surface area contributed by atoms with Crippen molar-refractivity contribution in [2.45, 2.75) is 19.4 Å². The Bertz CT molecular complexity index is 893. The van der Waals surface area contributed by atoms with E-state index in [0.717, 1.165) is 50.4 Å². The van der Waals surface area contributed by atoms with Crippen LogP contribution >= 0.6 is 11.6 Å². The normalized spacial score (nSPS) is 19.2. The third-order valence-corrected chi connectivity index (χ3v) is 5.76. The van der Waals surface area contributed by atoms with Gasteiger partial charge >= 0.3 is 0 Å². The van der Waals surface area contributed by atoms with Gasteiger partial charge in [0.15, 0.2) is 0 Å². The van der Waals surface area contributed by atoms with Crippen LogP contribution in [0.25, 0.3) is 11.1 Å². The maximum atomic E-state index is 12.6. The first-order valence-electron chi connectivity index (χ1n) is 10.3. The fourth-order valence-corrected chi connectivity index (χ4v) is 3.94. The van der Waals surface area contributed by atoms with Crippen LogP contribution in [0.15, 0.2) is 30.5 Å². The lowest BCUT2D eigenvalue weighted by atomic mass is 10.0. The predicted molar refractivity (Wildman–Crippen MR) is 114 cm³/mol. The monoisotopic (exact) mass is 431 g/mol. The number of benzene rings is 1. The van der Waals surface area contributed by atoms with Crippen molar-refractivity contribution in [2.24, 2.45) is 5.92 Å². The maximum absolute atomic E-state index is 12.6. The van der Waals surface area contributed by atoms with E-state index in [1.54, 1.807) is 23.0 Å². The number of carbonyl (C=O) groups is 2. The van der Waals surface area contributed by atoms with Crippen molar-refractivity contribution in [3.63, 3.8) is 0 Å². The lowest BCUT2D eigenvalue weighted by Crippen LogP contribution is -2.39. The first-order chi connectivity index (χ1) is 14.6. The Balaban J connectivity index is 1.28. The van der Waals surface area contributed by atoms with Crippen LogP contribution in [0.5, 0.6) is 0 Å². The highest BCUT2D eigenvalue weighted by Crippen LogP contribution is 2.32. The van der Waals surface area contributed by atoms with E-state index in [1.165, 1.54) is 0 Å². The van der Waals surface area contributed by atoms with Crippen LogP contribution in [0.2, 0.25) is 5.02 Å². The summed E-state index contributed by atoms with van der Waals surface area (Å²) in [5.41, 5.74) is 1.77. The summed E-state index contributed by atoms with van der Waals surface area (Å²) in [6.45, 7) is 5.38. The highest BCUT2D eigenvalue weighted by molar-refractivity contribution is 6.30. The number of hydrogen-bond acceptors (Lipinski definition) is 5. The van der Waals surface area contributed by atoms with Gasteiger partial charge in [0.05, 0.1) is 31.9 Å². The summed E-state index contributed by atoms with van der Waals surface area (Å²) in [4.78, 5) is 27.2. The van der Waals surface area contributed by atoms with Gasteiger partial charge in [-0.2, -0.15) is 5.10 Å². The van der Waals surface area contributed by atoms with Gasteiger partial charge in [-0.15, -0.1) is 0 Å². The molecule has 1 fully saturated rings. The molecule has 1 unspecified atom stereocenters. The number of halogens is 1. The van der Waals surface area contributed by atoms with Crippen LogP contribution < -0.4 is 10.6 Å². The number of aromatic nitrogens is 2. The Kier molecular flexibility index (Phi) is 6.66. The molecule has 3 heterocycles. The SMILES string of the molecule is O=C(CC1Cn2ncc(-c3ccc(Cl)cc3)c2NC1=O)NCCCN1CCOCC1. The standard InChI is InChI=1S/C21H26ClN5O3/c22-17-4-2-15(3-5-17)18-13-24-27-14-16(21(29)25-20(18)27)12-19(28)23-6-1-7-26-8-10-30-11-9-26/h2-5,13,16H,1,6-12,14H2,(H,23,28)(H,25,29). The third-order valence-electron chi connectivity index (χ3n) is 5.51. The molecule has 2 N–H and O–H groups in total.